The fourth-order valence-electron chi connectivity index (χ4n) is 2.93. The number of aromatic nitrogens is 5. The minimum Gasteiger partial charge on any atom is -0.444 e. The van der Waals surface area contributed by atoms with Crippen molar-refractivity contribution in [2.45, 2.75) is 39.0 Å². The Morgan fingerprint density at radius 1 is 1.16 bits per heavy atom. The molecule has 10 nitrogen and oxygen atoms in total. The van der Waals surface area contributed by atoms with Crippen LogP contribution in [0.2, 0.25) is 0 Å². The lowest BCUT2D eigenvalue weighted by atomic mass is 10.1. The Balaban J connectivity index is 1.28. The molecule has 1 saturated heterocycles. The minimum absolute atomic E-state index is 0.0295. The van der Waals surface area contributed by atoms with E-state index in [0.717, 1.165) is 10.6 Å². The summed E-state index contributed by atoms with van der Waals surface area (Å²) in [6.07, 6.45) is 1.23. The van der Waals surface area contributed by atoms with E-state index in [-0.39, 0.29) is 30.3 Å². The summed E-state index contributed by atoms with van der Waals surface area (Å²) in [6.45, 7) is 6.67. The van der Waals surface area contributed by atoms with Crippen molar-refractivity contribution in [3.8, 4) is 10.6 Å². The van der Waals surface area contributed by atoms with Crippen LogP contribution in [0.1, 0.15) is 42.3 Å². The molecule has 4 rings (SSSR count). The zero-order valence-electron chi connectivity index (χ0n) is 17.5. The number of rotatable bonds is 5. The molecule has 1 aliphatic heterocycles. The lowest BCUT2D eigenvalue weighted by molar-refractivity contribution is -0.000631. The largest absolute Gasteiger partial charge is 0.444 e. The monoisotopic (exact) mass is 441 g/mol. The Morgan fingerprint density at radius 3 is 2.61 bits per heavy atom. The molecule has 3 heterocycles. The van der Waals surface area contributed by atoms with E-state index >= 15 is 0 Å². The molecule has 31 heavy (non-hydrogen) atoms. The van der Waals surface area contributed by atoms with Crippen molar-refractivity contribution in [1.29, 1.82) is 0 Å². The third-order valence-corrected chi connectivity index (χ3v) is 5.49. The van der Waals surface area contributed by atoms with Gasteiger partial charge in [0.05, 0.1) is 18.8 Å². The topological polar surface area (TPSA) is 115 Å². The van der Waals surface area contributed by atoms with E-state index in [1.807, 2.05) is 51.1 Å². The Hall–Kier alpha value is -3.34. The van der Waals surface area contributed by atoms with E-state index in [1.165, 1.54) is 11.3 Å². The highest BCUT2D eigenvalue weighted by atomic mass is 32.1. The first-order valence-electron chi connectivity index (χ1n) is 9.84. The first-order chi connectivity index (χ1) is 14.8. The van der Waals surface area contributed by atoms with Crippen LogP contribution in [-0.4, -0.2) is 60.8 Å². The summed E-state index contributed by atoms with van der Waals surface area (Å²) in [5, 5.41) is 20.6. The summed E-state index contributed by atoms with van der Waals surface area (Å²) < 4.78 is 6.95. The molecule has 3 aromatic rings. The summed E-state index contributed by atoms with van der Waals surface area (Å²) in [5.41, 5.74) is 0.667. The Morgan fingerprint density at radius 2 is 1.90 bits per heavy atom. The quantitative estimate of drug-likeness (QED) is 0.647. The van der Waals surface area contributed by atoms with Crippen LogP contribution < -0.4 is 5.32 Å². The molecule has 0 unspecified atom stereocenters. The van der Waals surface area contributed by atoms with Gasteiger partial charge in [0.15, 0.2) is 5.69 Å². The third-order valence-electron chi connectivity index (χ3n) is 4.52. The third kappa shape index (κ3) is 5.05. The van der Waals surface area contributed by atoms with Crippen LogP contribution in [0.5, 0.6) is 0 Å². The predicted molar refractivity (Wildman–Crippen MR) is 113 cm³/mol. The number of hydrogen-bond donors (Lipinski definition) is 1. The molecular weight excluding hydrogens is 418 g/mol. The van der Waals surface area contributed by atoms with Crippen molar-refractivity contribution in [2.75, 3.05) is 13.1 Å². The first-order valence-corrected chi connectivity index (χ1v) is 10.7. The van der Waals surface area contributed by atoms with Crippen molar-refractivity contribution < 1.29 is 14.3 Å². The molecule has 0 radical (unpaired) electrons. The Bertz CT molecular complexity index is 1070. The highest BCUT2D eigenvalue weighted by Gasteiger charge is 2.35. The van der Waals surface area contributed by atoms with Crippen LogP contribution in [-0.2, 0) is 11.3 Å². The molecule has 0 bridgehead atoms. The van der Waals surface area contributed by atoms with Gasteiger partial charge in [0.1, 0.15) is 15.6 Å². The normalized spacial score (nSPS) is 14.2. The predicted octanol–water partition coefficient (Wildman–Crippen LogP) is 2.52. The Kier molecular flexibility index (Phi) is 5.68. The maximum atomic E-state index is 12.4. The highest BCUT2D eigenvalue weighted by Crippen LogP contribution is 2.24. The Labute approximate surface area is 183 Å². The molecule has 1 fully saturated rings. The van der Waals surface area contributed by atoms with Crippen LogP contribution in [0.3, 0.4) is 0 Å². The number of nitrogens with zero attached hydrogens (tertiary/aromatic N) is 6. The van der Waals surface area contributed by atoms with Gasteiger partial charge in [0, 0.05) is 18.7 Å². The number of carbonyl (C=O) groups is 2. The van der Waals surface area contributed by atoms with E-state index in [1.54, 1.807) is 15.8 Å². The lowest BCUT2D eigenvalue weighted by Gasteiger charge is -2.39. The highest BCUT2D eigenvalue weighted by molar-refractivity contribution is 7.14. The van der Waals surface area contributed by atoms with Gasteiger partial charge >= 0.3 is 6.09 Å². The second-order valence-corrected chi connectivity index (χ2v) is 9.23. The van der Waals surface area contributed by atoms with Gasteiger partial charge in [-0.3, -0.25) is 4.79 Å². The zero-order valence-corrected chi connectivity index (χ0v) is 18.3. The lowest BCUT2D eigenvalue weighted by Crippen LogP contribution is -2.52. The summed E-state index contributed by atoms with van der Waals surface area (Å²) in [7, 11) is 0. The van der Waals surface area contributed by atoms with Crippen molar-refractivity contribution in [1.82, 2.24) is 35.4 Å². The SMILES string of the molecule is CC(C)(C)OC(=O)N1CC(n2cc(C(=O)NCc3nnc(-c4ccccc4)s3)nn2)C1. The number of amides is 2. The number of ether oxygens (including phenoxy) is 1. The maximum Gasteiger partial charge on any atom is 0.410 e. The van der Waals surface area contributed by atoms with E-state index in [4.69, 9.17) is 4.74 Å². The molecule has 1 N–H and O–H groups in total. The standard InChI is InChI=1S/C20H23N7O3S/c1-20(2,3)30-19(29)26-10-14(11-26)27-12-15(22-25-27)17(28)21-9-16-23-24-18(31-16)13-7-5-4-6-8-13/h4-8,12,14H,9-11H2,1-3H3,(H,21,28). The number of carbonyl (C=O) groups excluding carboxylic acids is 2. The van der Waals surface area contributed by atoms with Crippen LogP contribution in [0.15, 0.2) is 36.5 Å². The number of hydrogen-bond acceptors (Lipinski definition) is 8. The van der Waals surface area contributed by atoms with Gasteiger partial charge in [-0.1, -0.05) is 46.9 Å². The fourth-order valence-corrected chi connectivity index (χ4v) is 3.71. The molecular formula is C20H23N7O3S. The van der Waals surface area contributed by atoms with Crippen molar-refractivity contribution >= 4 is 23.3 Å². The molecule has 162 valence electrons. The minimum atomic E-state index is -0.532. The molecule has 1 aliphatic rings. The first kappa shape index (κ1) is 20.9. The summed E-state index contributed by atoms with van der Waals surface area (Å²) in [6, 6.07) is 9.72. The van der Waals surface area contributed by atoms with Gasteiger partial charge in [0.25, 0.3) is 5.91 Å². The van der Waals surface area contributed by atoms with E-state index < -0.39 is 5.60 Å². The molecule has 0 spiro atoms. The zero-order chi connectivity index (χ0) is 22.0. The smallest absolute Gasteiger partial charge is 0.410 e. The maximum absolute atomic E-state index is 12.4. The van der Waals surface area contributed by atoms with E-state index in [0.29, 0.717) is 18.1 Å². The van der Waals surface area contributed by atoms with Gasteiger partial charge in [-0.25, -0.2) is 9.48 Å². The fraction of sp³-hybridized carbons (Fsp3) is 0.400. The van der Waals surface area contributed by atoms with Crippen LogP contribution in [0.4, 0.5) is 4.79 Å². The second-order valence-electron chi connectivity index (χ2n) is 8.17. The van der Waals surface area contributed by atoms with Gasteiger partial charge in [0.2, 0.25) is 0 Å². The van der Waals surface area contributed by atoms with Crippen molar-refractivity contribution in [2.24, 2.45) is 0 Å². The second kappa shape index (κ2) is 8.42. The number of likely N-dealkylation sites (tertiary alicyclic amines) is 1. The van der Waals surface area contributed by atoms with Crippen molar-refractivity contribution in [3.63, 3.8) is 0 Å². The van der Waals surface area contributed by atoms with Crippen LogP contribution in [0.25, 0.3) is 10.6 Å². The van der Waals surface area contributed by atoms with E-state index in [2.05, 4.69) is 25.8 Å². The molecule has 0 atom stereocenters. The molecule has 2 aromatic heterocycles. The van der Waals surface area contributed by atoms with Crippen LogP contribution in [0, 0.1) is 0 Å². The summed E-state index contributed by atoms with van der Waals surface area (Å²) >= 11 is 1.43. The molecule has 1 aromatic carbocycles. The molecule has 0 aliphatic carbocycles. The van der Waals surface area contributed by atoms with Crippen LogP contribution >= 0.6 is 11.3 Å². The summed E-state index contributed by atoms with van der Waals surface area (Å²) in [5.74, 6) is -0.342. The van der Waals surface area contributed by atoms with Gasteiger partial charge in [-0.05, 0) is 20.8 Å². The average molecular weight is 442 g/mol. The van der Waals surface area contributed by atoms with E-state index in [9.17, 15) is 9.59 Å². The van der Waals surface area contributed by atoms with Crippen molar-refractivity contribution in [3.05, 3.63) is 47.2 Å². The van der Waals surface area contributed by atoms with Gasteiger partial charge in [-0.2, -0.15) is 0 Å². The number of nitrogens with one attached hydrogen (secondary N) is 1. The average Bonchev–Trinajstić information content (AvgIpc) is 3.34. The number of benzene rings is 1. The van der Waals surface area contributed by atoms with Gasteiger partial charge < -0.3 is 15.0 Å². The summed E-state index contributed by atoms with van der Waals surface area (Å²) in [4.78, 5) is 26.0. The van der Waals surface area contributed by atoms with Gasteiger partial charge in [-0.15, -0.1) is 15.3 Å². The molecule has 11 heteroatoms. The molecule has 2 amide bonds. The molecule has 0 saturated carbocycles.